The lowest BCUT2D eigenvalue weighted by Crippen LogP contribution is -2.30. The van der Waals surface area contributed by atoms with E-state index in [0.717, 1.165) is 48.0 Å². The minimum Gasteiger partial charge on any atom is -0.361 e. The molecule has 0 saturated carbocycles. The number of rotatable bonds is 7. The third-order valence-corrected chi connectivity index (χ3v) is 7.86. The van der Waals surface area contributed by atoms with Gasteiger partial charge in [-0.15, -0.1) is 11.3 Å². The third-order valence-electron chi connectivity index (χ3n) is 5.01. The van der Waals surface area contributed by atoms with E-state index in [1.807, 2.05) is 35.2 Å². The molecule has 1 aromatic carbocycles. The molecule has 142 valence electrons. The Labute approximate surface area is 171 Å². The van der Waals surface area contributed by atoms with Crippen molar-refractivity contribution >= 4 is 50.4 Å². The molecule has 1 aliphatic heterocycles. The van der Waals surface area contributed by atoms with Crippen molar-refractivity contribution in [1.29, 1.82) is 0 Å². The van der Waals surface area contributed by atoms with Crippen LogP contribution in [0.4, 0.5) is 0 Å². The molecule has 0 fully saturated rings. The van der Waals surface area contributed by atoms with Gasteiger partial charge in [-0.3, -0.25) is 9.11 Å². The molecule has 1 unspecified atom stereocenters. The Hall–Kier alpha value is -1.34. The Balaban J connectivity index is 1.28. The number of fused-ring (bicyclic) bond motifs is 1. The van der Waals surface area contributed by atoms with Crippen LogP contribution in [-0.2, 0) is 16.6 Å². The van der Waals surface area contributed by atoms with Gasteiger partial charge in [0.25, 0.3) is 0 Å². The van der Waals surface area contributed by atoms with E-state index < -0.39 is 10.8 Å². The van der Waals surface area contributed by atoms with Crippen LogP contribution in [0.3, 0.4) is 0 Å². The van der Waals surface area contributed by atoms with E-state index in [-0.39, 0.29) is 0 Å². The van der Waals surface area contributed by atoms with Crippen LogP contribution in [0.1, 0.15) is 16.9 Å². The average molecular weight is 417 g/mol. The number of hydrogen-bond acceptors (Lipinski definition) is 4. The molecule has 3 aromatic rings. The van der Waals surface area contributed by atoms with Gasteiger partial charge in [0.15, 0.2) is 0 Å². The van der Waals surface area contributed by atoms with E-state index in [1.165, 1.54) is 21.4 Å². The number of thioether (sulfide) groups is 1. The summed E-state index contributed by atoms with van der Waals surface area (Å²) in [4.78, 5) is 8.20. The van der Waals surface area contributed by atoms with Crippen LogP contribution in [0.25, 0.3) is 16.5 Å². The number of benzene rings is 1. The van der Waals surface area contributed by atoms with Crippen LogP contribution in [0.15, 0.2) is 52.9 Å². The lowest BCUT2D eigenvalue weighted by Gasteiger charge is -2.25. The summed E-state index contributed by atoms with van der Waals surface area (Å²) in [5.41, 5.74) is 3.94. The second-order valence-electron chi connectivity index (χ2n) is 6.79. The lowest BCUT2D eigenvalue weighted by molar-refractivity contribution is 0.321. The number of aromatic amines is 1. The number of aromatic nitrogens is 1. The average Bonchev–Trinajstić information content (AvgIpc) is 3.35. The van der Waals surface area contributed by atoms with Gasteiger partial charge in [-0.25, -0.2) is 0 Å². The lowest BCUT2D eigenvalue weighted by atomic mass is 10.1. The van der Waals surface area contributed by atoms with Crippen molar-refractivity contribution < 1.29 is 4.21 Å². The number of H-pyrrole nitrogens is 1. The molecule has 0 radical (unpaired) electrons. The predicted octanol–water partition coefficient (Wildman–Crippen LogP) is 4.99. The van der Waals surface area contributed by atoms with Gasteiger partial charge in [-0.05, 0) is 47.2 Å². The maximum Gasteiger partial charge on any atom is 0.0498 e. The van der Waals surface area contributed by atoms with Crippen LogP contribution >= 0.6 is 23.1 Å². The Bertz CT molecular complexity index is 959. The van der Waals surface area contributed by atoms with Crippen molar-refractivity contribution in [3.05, 3.63) is 58.4 Å². The van der Waals surface area contributed by atoms with Crippen molar-refractivity contribution in [3.63, 3.8) is 0 Å². The number of thiophene rings is 1. The van der Waals surface area contributed by atoms with E-state index in [2.05, 4.69) is 45.7 Å². The summed E-state index contributed by atoms with van der Waals surface area (Å²) in [6.45, 7) is 3.35. The molecule has 27 heavy (non-hydrogen) atoms. The molecule has 3 heterocycles. The standard InChI is InChI=1S/C21H24N2OS3/c1-27(24)18-4-5-20-19(13-18)17(14-22-20)15-25-12-10-23-8-6-16(7-9-23)21-3-2-11-26-21/h2-6,11,13-14,22H,7-10,12,15H2,1H3. The smallest absolute Gasteiger partial charge is 0.0498 e. The summed E-state index contributed by atoms with van der Waals surface area (Å²) in [6, 6.07) is 10.4. The van der Waals surface area contributed by atoms with Crippen LogP contribution in [0.2, 0.25) is 0 Å². The molecule has 1 N–H and O–H groups in total. The molecule has 1 aliphatic rings. The zero-order valence-corrected chi connectivity index (χ0v) is 17.9. The van der Waals surface area contributed by atoms with E-state index >= 15 is 0 Å². The second kappa shape index (κ2) is 8.78. The highest BCUT2D eigenvalue weighted by Gasteiger charge is 2.13. The quantitative estimate of drug-likeness (QED) is 0.551. The van der Waals surface area contributed by atoms with Gasteiger partial charge in [0, 0.05) is 75.1 Å². The van der Waals surface area contributed by atoms with Crippen molar-refractivity contribution in [2.45, 2.75) is 17.1 Å². The first-order valence-electron chi connectivity index (χ1n) is 9.17. The fraction of sp³-hybridized carbons (Fsp3) is 0.333. The SMILES string of the molecule is CS(=O)c1ccc2[nH]cc(CSCCN3CC=C(c4cccs4)CC3)c2c1. The van der Waals surface area contributed by atoms with Crippen LogP contribution in [-0.4, -0.2) is 45.7 Å². The van der Waals surface area contributed by atoms with E-state index in [4.69, 9.17) is 0 Å². The van der Waals surface area contributed by atoms with Crippen molar-refractivity contribution in [2.24, 2.45) is 0 Å². The number of hydrogen-bond donors (Lipinski definition) is 1. The topological polar surface area (TPSA) is 36.1 Å². The minimum atomic E-state index is -0.934. The first-order valence-corrected chi connectivity index (χ1v) is 12.8. The summed E-state index contributed by atoms with van der Waals surface area (Å²) >= 11 is 3.82. The molecule has 4 rings (SSSR count). The molecule has 0 aliphatic carbocycles. The molecule has 0 amide bonds. The summed E-state index contributed by atoms with van der Waals surface area (Å²) < 4.78 is 11.7. The van der Waals surface area contributed by atoms with Gasteiger partial charge in [-0.2, -0.15) is 11.8 Å². The molecule has 3 nitrogen and oxygen atoms in total. The first kappa shape index (κ1) is 19.0. The molecule has 0 saturated heterocycles. The molecule has 0 bridgehead atoms. The zero-order valence-electron chi connectivity index (χ0n) is 15.4. The van der Waals surface area contributed by atoms with Gasteiger partial charge in [0.2, 0.25) is 0 Å². The van der Waals surface area contributed by atoms with Gasteiger partial charge in [0.1, 0.15) is 0 Å². The largest absolute Gasteiger partial charge is 0.361 e. The van der Waals surface area contributed by atoms with Crippen LogP contribution in [0.5, 0.6) is 0 Å². The summed E-state index contributed by atoms with van der Waals surface area (Å²) in [5, 5.41) is 3.36. The second-order valence-corrected chi connectivity index (χ2v) is 10.2. The minimum absolute atomic E-state index is 0.898. The maximum absolute atomic E-state index is 11.7. The Morgan fingerprint density at radius 2 is 2.26 bits per heavy atom. The summed E-state index contributed by atoms with van der Waals surface area (Å²) in [5.74, 6) is 2.12. The van der Waals surface area contributed by atoms with Crippen molar-refractivity contribution in [2.75, 3.05) is 31.6 Å². The fourth-order valence-corrected chi connectivity index (χ4v) is 5.76. The fourth-order valence-electron chi connectivity index (χ4n) is 3.43. The Kier molecular flexibility index (Phi) is 6.18. The zero-order chi connectivity index (χ0) is 18.6. The van der Waals surface area contributed by atoms with E-state index in [9.17, 15) is 4.21 Å². The Morgan fingerprint density at radius 3 is 3.00 bits per heavy atom. The van der Waals surface area contributed by atoms with Crippen molar-refractivity contribution in [3.8, 4) is 0 Å². The highest BCUT2D eigenvalue weighted by molar-refractivity contribution is 7.98. The third kappa shape index (κ3) is 4.57. The highest BCUT2D eigenvalue weighted by atomic mass is 32.2. The molecule has 1 atom stereocenters. The molecular formula is C21H24N2OS3. The highest BCUT2D eigenvalue weighted by Crippen LogP contribution is 2.27. The van der Waals surface area contributed by atoms with Crippen LogP contribution in [0, 0.1) is 0 Å². The van der Waals surface area contributed by atoms with Gasteiger partial charge < -0.3 is 4.98 Å². The van der Waals surface area contributed by atoms with E-state index in [1.54, 1.807) is 6.26 Å². The van der Waals surface area contributed by atoms with Crippen LogP contribution < -0.4 is 0 Å². The summed E-state index contributed by atoms with van der Waals surface area (Å²) in [6.07, 6.45) is 7.38. The van der Waals surface area contributed by atoms with E-state index in [0.29, 0.717) is 0 Å². The molecule has 6 heteroatoms. The van der Waals surface area contributed by atoms with Gasteiger partial charge >= 0.3 is 0 Å². The number of nitrogens with one attached hydrogen (secondary N) is 1. The van der Waals surface area contributed by atoms with Crippen molar-refractivity contribution in [1.82, 2.24) is 9.88 Å². The molecule has 2 aromatic heterocycles. The Morgan fingerprint density at radius 1 is 1.33 bits per heavy atom. The number of nitrogens with zero attached hydrogens (tertiary/aromatic N) is 1. The van der Waals surface area contributed by atoms with Gasteiger partial charge in [-0.1, -0.05) is 12.1 Å². The summed E-state index contributed by atoms with van der Waals surface area (Å²) in [7, 11) is -0.934. The van der Waals surface area contributed by atoms with Gasteiger partial charge in [0.05, 0.1) is 0 Å². The first-order chi connectivity index (χ1) is 13.2. The molecule has 0 spiro atoms. The monoisotopic (exact) mass is 416 g/mol. The molecular weight excluding hydrogens is 392 g/mol. The predicted molar refractivity (Wildman–Crippen MR) is 120 cm³/mol. The normalized spacial score (nSPS) is 16.6. The maximum atomic E-state index is 11.7.